The molecule has 8 heteroatoms. The number of anilines is 1. The number of para-hydroxylation sites is 1. The van der Waals surface area contributed by atoms with Crippen LogP contribution in [0.3, 0.4) is 0 Å². The minimum absolute atomic E-state index is 0.129. The molecule has 0 fully saturated rings. The van der Waals surface area contributed by atoms with Crippen molar-refractivity contribution in [3.63, 3.8) is 0 Å². The van der Waals surface area contributed by atoms with E-state index in [-0.39, 0.29) is 18.6 Å². The highest BCUT2D eigenvalue weighted by atomic mass is 16.5. The lowest BCUT2D eigenvalue weighted by Crippen LogP contribution is -2.13. The van der Waals surface area contributed by atoms with Crippen LogP contribution >= 0.6 is 0 Å². The fraction of sp³-hybridized carbons (Fsp3) is 0.200. The van der Waals surface area contributed by atoms with E-state index in [2.05, 4.69) is 20.8 Å². The average Bonchev–Trinajstić information content (AvgIpc) is 3.32. The number of nitrogens with one attached hydrogen (secondary N) is 1. The van der Waals surface area contributed by atoms with Gasteiger partial charge < -0.3 is 14.8 Å². The lowest BCUT2D eigenvalue weighted by Gasteiger charge is -2.11. The Morgan fingerprint density at radius 2 is 1.67 bits per heavy atom. The van der Waals surface area contributed by atoms with E-state index in [1.165, 1.54) is 0 Å². The molecule has 33 heavy (non-hydrogen) atoms. The highest BCUT2D eigenvalue weighted by molar-refractivity contribution is 6.04. The molecule has 0 saturated carbocycles. The summed E-state index contributed by atoms with van der Waals surface area (Å²) in [5, 5.41) is 14.6. The molecule has 0 aliphatic heterocycles. The van der Waals surface area contributed by atoms with E-state index in [4.69, 9.17) is 9.47 Å². The van der Waals surface area contributed by atoms with Crippen LogP contribution in [0.25, 0.3) is 0 Å². The molecule has 1 aromatic heterocycles. The van der Waals surface area contributed by atoms with Gasteiger partial charge in [-0.1, -0.05) is 36.4 Å². The van der Waals surface area contributed by atoms with Gasteiger partial charge in [0.05, 0.1) is 6.04 Å². The average molecular weight is 444 g/mol. The van der Waals surface area contributed by atoms with Gasteiger partial charge in [0.1, 0.15) is 24.7 Å². The third-order valence-corrected chi connectivity index (χ3v) is 4.85. The number of hydrogen-bond acceptors (Lipinski definition) is 6. The van der Waals surface area contributed by atoms with Gasteiger partial charge in [0.25, 0.3) is 5.91 Å². The van der Waals surface area contributed by atoms with E-state index in [9.17, 15) is 4.79 Å². The summed E-state index contributed by atoms with van der Waals surface area (Å²) in [5.74, 6) is 1.75. The summed E-state index contributed by atoms with van der Waals surface area (Å²) in [6.45, 7) is 4.60. The number of nitrogens with zero attached hydrogens (tertiary/aromatic N) is 4. The van der Waals surface area contributed by atoms with Crippen LogP contribution in [-0.4, -0.2) is 26.1 Å². The van der Waals surface area contributed by atoms with Crippen molar-refractivity contribution < 1.29 is 14.3 Å². The van der Waals surface area contributed by atoms with Gasteiger partial charge >= 0.3 is 0 Å². The van der Waals surface area contributed by atoms with Crippen molar-refractivity contribution in [2.24, 2.45) is 0 Å². The predicted molar refractivity (Wildman–Crippen MR) is 124 cm³/mol. The zero-order chi connectivity index (χ0) is 23.0. The van der Waals surface area contributed by atoms with Crippen molar-refractivity contribution in [3.8, 4) is 11.5 Å². The highest BCUT2D eigenvalue weighted by Crippen LogP contribution is 2.19. The van der Waals surface area contributed by atoms with Crippen molar-refractivity contribution in [1.82, 2.24) is 20.2 Å². The lowest BCUT2D eigenvalue weighted by atomic mass is 10.1. The number of carbonyl (C=O) groups is 1. The van der Waals surface area contributed by atoms with Crippen LogP contribution < -0.4 is 14.8 Å². The van der Waals surface area contributed by atoms with E-state index >= 15 is 0 Å². The molecule has 0 saturated heterocycles. The molecule has 0 unspecified atom stereocenters. The van der Waals surface area contributed by atoms with Crippen molar-refractivity contribution >= 4 is 11.6 Å². The molecule has 1 heterocycles. The first-order chi connectivity index (χ1) is 16.1. The quantitative estimate of drug-likeness (QED) is 0.404. The van der Waals surface area contributed by atoms with E-state index in [0.29, 0.717) is 29.4 Å². The Morgan fingerprint density at radius 1 is 0.909 bits per heavy atom. The van der Waals surface area contributed by atoms with Gasteiger partial charge in [0.2, 0.25) is 0 Å². The predicted octanol–water partition coefficient (Wildman–Crippen LogP) is 4.66. The molecule has 3 aromatic carbocycles. The van der Waals surface area contributed by atoms with Gasteiger partial charge in [-0.25, -0.2) is 4.68 Å². The molecule has 0 aliphatic rings. The lowest BCUT2D eigenvalue weighted by molar-refractivity contribution is 0.102. The van der Waals surface area contributed by atoms with Gasteiger partial charge in [0.15, 0.2) is 5.82 Å². The normalized spacial score (nSPS) is 10.8. The molecular weight excluding hydrogens is 418 g/mol. The first kappa shape index (κ1) is 22.0. The molecule has 0 radical (unpaired) electrons. The number of rotatable bonds is 9. The highest BCUT2D eigenvalue weighted by Gasteiger charge is 2.12. The maximum atomic E-state index is 12.8. The monoisotopic (exact) mass is 443 g/mol. The van der Waals surface area contributed by atoms with Gasteiger partial charge in [-0.15, -0.1) is 5.10 Å². The van der Waals surface area contributed by atoms with Crippen molar-refractivity contribution in [3.05, 3.63) is 95.8 Å². The minimum Gasteiger partial charge on any atom is -0.489 e. The smallest absolute Gasteiger partial charge is 0.255 e. The second-order valence-corrected chi connectivity index (χ2v) is 7.71. The summed E-state index contributed by atoms with van der Waals surface area (Å²) >= 11 is 0. The summed E-state index contributed by atoms with van der Waals surface area (Å²) in [7, 11) is 0. The first-order valence-electron chi connectivity index (χ1n) is 10.7. The molecule has 4 rings (SSSR count). The Balaban J connectivity index is 1.37. The molecule has 4 aromatic rings. The molecule has 0 spiro atoms. The summed E-state index contributed by atoms with van der Waals surface area (Å²) in [4.78, 5) is 12.8. The Kier molecular flexibility index (Phi) is 6.94. The molecule has 0 bridgehead atoms. The summed E-state index contributed by atoms with van der Waals surface area (Å²) < 4.78 is 13.3. The van der Waals surface area contributed by atoms with E-state index in [1.54, 1.807) is 28.9 Å². The van der Waals surface area contributed by atoms with Crippen LogP contribution in [0.15, 0.2) is 78.9 Å². The van der Waals surface area contributed by atoms with Crippen molar-refractivity contribution in [1.29, 1.82) is 0 Å². The number of hydrogen-bond donors (Lipinski definition) is 1. The fourth-order valence-electron chi connectivity index (χ4n) is 3.21. The molecule has 0 aliphatic carbocycles. The Hall–Kier alpha value is -4.20. The van der Waals surface area contributed by atoms with Gasteiger partial charge in [-0.05, 0) is 72.3 Å². The topological polar surface area (TPSA) is 91.2 Å². The SMILES string of the molecule is CC(C)n1nnnc1COc1cccc(C(=O)Nc2cccc(COc3ccccc3)c2)c1. The molecule has 8 nitrogen and oxygen atoms in total. The fourth-order valence-corrected chi connectivity index (χ4v) is 3.21. The summed E-state index contributed by atoms with van der Waals surface area (Å²) in [6, 6.07) is 24.3. The number of aromatic nitrogens is 4. The van der Waals surface area contributed by atoms with Crippen LogP contribution in [0.5, 0.6) is 11.5 Å². The van der Waals surface area contributed by atoms with Crippen LogP contribution in [-0.2, 0) is 13.2 Å². The van der Waals surface area contributed by atoms with Gasteiger partial charge in [-0.3, -0.25) is 4.79 Å². The molecule has 168 valence electrons. The molecule has 1 N–H and O–H groups in total. The summed E-state index contributed by atoms with van der Waals surface area (Å²) in [6.07, 6.45) is 0. The van der Waals surface area contributed by atoms with Crippen LogP contribution in [0.1, 0.15) is 41.6 Å². The Labute approximate surface area is 192 Å². The number of ether oxygens (including phenoxy) is 2. The van der Waals surface area contributed by atoms with Crippen LogP contribution in [0.2, 0.25) is 0 Å². The molecule has 0 atom stereocenters. The minimum atomic E-state index is -0.228. The Bertz CT molecular complexity index is 1210. The maximum Gasteiger partial charge on any atom is 0.255 e. The zero-order valence-corrected chi connectivity index (χ0v) is 18.5. The van der Waals surface area contributed by atoms with Crippen LogP contribution in [0, 0.1) is 0 Å². The second-order valence-electron chi connectivity index (χ2n) is 7.71. The maximum absolute atomic E-state index is 12.8. The molecule has 1 amide bonds. The zero-order valence-electron chi connectivity index (χ0n) is 18.5. The van der Waals surface area contributed by atoms with E-state index in [1.807, 2.05) is 68.4 Å². The third-order valence-electron chi connectivity index (χ3n) is 4.85. The number of benzene rings is 3. The summed E-state index contributed by atoms with van der Waals surface area (Å²) in [5.41, 5.74) is 2.13. The number of carbonyl (C=O) groups excluding carboxylic acids is 1. The van der Waals surface area contributed by atoms with E-state index < -0.39 is 0 Å². The first-order valence-corrected chi connectivity index (χ1v) is 10.7. The molecular formula is C25H25N5O3. The largest absolute Gasteiger partial charge is 0.489 e. The van der Waals surface area contributed by atoms with Crippen molar-refractivity contribution in [2.45, 2.75) is 33.1 Å². The van der Waals surface area contributed by atoms with Gasteiger partial charge in [-0.2, -0.15) is 0 Å². The van der Waals surface area contributed by atoms with E-state index in [0.717, 1.165) is 11.3 Å². The number of amides is 1. The Morgan fingerprint density at radius 3 is 2.48 bits per heavy atom. The standard InChI is InChI=1S/C25H25N5O3/c1-18(2)30-24(27-28-29-30)17-33-23-13-7-9-20(15-23)25(31)26-21-10-6-8-19(14-21)16-32-22-11-4-3-5-12-22/h3-15,18H,16-17H2,1-2H3,(H,26,31). The van der Waals surface area contributed by atoms with Crippen LogP contribution in [0.4, 0.5) is 5.69 Å². The second kappa shape index (κ2) is 10.4. The van der Waals surface area contributed by atoms with Crippen molar-refractivity contribution in [2.75, 3.05) is 5.32 Å². The third kappa shape index (κ3) is 5.94. The number of tetrazole rings is 1. The van der Waals surface area contributed by atoms with Gasteiger partial charge in [0, 0.05) is 11.3 Å².